The number of amides is 1. The van der Waals surface area contributed by atoms with Crippen LogP contribution in [0, 0.1) is 17.0 Å². The average Bonchev–Trinajstić information content (AvgIpc) is 3.02. The molecule has 0 unspecified atom stereocenters. The first kappa shape index (κ1) is 16.2. The van der Waals surface area contributed by atoms with Gasteiger partial charge in [0.15, 0.2) is 6.61 Å². The molecule has 0 atom stereocenters. The number of aryl methyl sites for hydroxylation is 1. The first-order chi connectivity index (χ1) is 11.0. The van der Waals surface area contributed by atoms with Gasteiger partial charge in [-0.3, -0.25) is 14.9 Å². The quantitative estimate of drug-likeness (QED) is 0.495. The van der Waals surface area contributed by atoms with E-state index >= 15 is 0 Å². The highest BCUT2D eigenvalue weighted by Crippen LogP contribution is 2.16. The van der Waals surface area contributed by atoms with Crippen LogP contribution >= 0.6 is 0 Å². The molecular formula is C15H14N2O6. The largest absolute Gasteiger partial charge is 0.450 e. The van der Waals surface area contributed by atoms with Crippen molar-refractivity contribution < 1.29 is 23.7 Å². The van der Waals surface area contributed by atoms with Gasteiger partial charge in [0, 0.05) is 6.54 Å². The Bertz CT molecular complexity index is 737. The van der Waals surface area contributed by atoms with E-state index in [-0.39, 0.29) is 5.76 Å². The molecule has 1 aromatic heterocycles. The van der Waals surface area contributed by atoms with E-state index in [0.717, 1.165) is 23.3 Å². The summed E-state index contributed by atoms with van der Waals surface area (Å²) in [5, 5.41) is 13.1. The number of carbonyl (C=O) groups excluding carboxylic acids is 2. The second kappa shape index (κ2) is 7.21. The number of esters is 1. The molecule has 120 valence electrons. The lowest BCUT2D eigenvalue weighted by atomic mass is 10.1. The minimum atomic E-state index is -0.941. The first-order valence-electron chi connectivity index (χ1n) is 6.70. The first-order valence-corrected chi connectivity index (χ1v) is 6.70. The molecule has 1 N–H and O–H groups in total. The van der Waals surface area contributed by atoms with Gasteiger partial charge in [0.05, 0.1) is 6.07 Å². The molecule has 0 fully saturated rings. The fraction of sp³-hybridized carbons (Fsp3) is 0.200. The molecule has 0 aliphatic carbocycles. The Balaban J connectivity index is 1.80. The number of furan rings is 1. The number of nitro groups is 1. The van der Waals surface area contributed by atoms with Crippen molar-refractivity contribution in [3.8, 4) is 0 Å². The summed E-state index contributed by atoms with van der Waals surface area (Å²) in [6, 6.07) is 9.71. The Kier molecular flexibility index (Phi) is 5.08. The monoisotopic (exact) mass is 318 g/mol. The van der Waals surface area contributed by atoms with Crippen molar-refractivity contribution in [1.82, 2.24) is 5.32 Å². The normalized spacial score (nSPS) is 10.1. The standard InChI is InChI=1S/C15H14N2O6/c1-10-4-2-3-5-11(10)8-16-13(18)9-22-15(19)12-6-7-14(23-12)17(20)21/h2-7H,8-9H2,1H3,(H,16,18). The van der Waals surface area contributed by atoms with Crippen LogP contribution in [-0.4, -0.2) is 23.4 Å². The van der Waals surface area contributed by atoms with E-state index in [1.165, 1.54) is 0 Å². The van der Waals surface area contributed by atoms with Crippen molar-refractivity contribution in [3.05, 3.63) is 63.4 Å². The summed E-state index contributed by atoms with van der Waals surface area (Å²) in [5.74, 6) is -2.32. The van der Waals surface area contributed by atoms with Crippen LogP contribution < -0.4 is 5.32 Å². The Labute approximate surface area is 131 Å². The molecular weight excluding hydrogens is 304 g/mol. The van der Waals surface area contributed by atoms with Gasteiger partial charge < -0.3 is 14.5 Å². The third kappa shape index (κ3) is 4.40. The van der Waals surface area contributed by atoms with E-state index < -0.39 is 29.3 Å². The molecule has 8 heteroatoms. The zero-order chi connectivity index (χ0) is 16.8. The maximum absolute atomic E-state index is 11.6. The zero-order valence-electron chi connectivity index (χ0n) is 12.3. The maximum Gasteiger partial charge on any atom is 0.433 e. The van der Waals surface area contributed by atoms with Gasteiger partial charge in [-0.2, -0.15) is 0 Å². The molecule has 1 aromatic carbocycles. The summed E-state index contributed by atoms with van der Waals surface area (Å²) in [4.78, 5) is 32.9. The lowest BCUT2D eigenvalue weighted by molar-refractivity contribution is -0.402. The van der Waals surface area contributed by atoms with E-state index in [9.17, 15) is 19.7 Å². The highest BCUT2D eigenvalue weighted by Gasteiger charge is 2.19. The van der Waals surface area contributed by atoms with Gasteiger partial charge in [0.2, 0.25) is 5.76 Å². The summed E-state index contributed by atoms with van der Waals surface area (Å²) < 4.78 is 9.41. The minimum Gasteiger partial charge on any atom is -0.450 e. The van der Waals surface area contributed by atoms with Gasteiger partial charge in [-0.25, -0.2) is 4.79 Å². The van der Waals surface area contributed by atoms with Gasteiger partial charge >= 0.3 is 11.9 Å². The second-order valence-electron chi connectivity index (χ2n) is 4.67. The molecule has 0 radical (unpaired) electrons. The fourth-order valence-corrected chi connectivity index (χ4v) is 1.79. The lowest BCUT2D eigenvalue weighted by Crippen LogP contribution is -2.28. The molecule has 8 nitrogen and oxygen atoms in total. The molecule has 0 aliphatic rings. The van der Waals surface area contributed by atoms with Crippen molar-refractivity contribution in [2.24, 2.45) is 0 Å². The van der Waals surface area contributed by atoms with Crippen molar-refractivity contribution >= 4 is 17.8 Å². The van der Waals surface area contributed by atoms with E-state index in [1.807, 2.05) is 31.2 Å². The third-order valence-electron chi connectivity index (χ3n) is 3.04. The van der Waals surface area contributed by atoms with Gasteiger partial charge in [-0.05, 0) is 24.1 Å². The summed E-state index contributed by atoms with van der Waals surface area (Å²) in [5.41, 5.74) is 1.99. The Morgan fingerprint density at radius 3 is 2.65 bits per heavy atom. The van der Waals surface area contributed by atoms with Crippen molar-refractivity contribution in [2.45, 2.75) is 13.5 Å². The molecule has 0 spiro atoms. The van der Waals surface area contributed by atoms with Crippen molar-refractivity contribution in [2.75, 3.05) is 6.61 Å². The summed E-state index contributed by atoms with van der Waals surface area (Å²) in [7, 11) is 0. The van der Waals surface area contributed by atoms with Gasteiger partial charge in [-0.15, -0.1) is 0 Å². The van der Waals surface area contributed by atoms with Crippen LogP contribution in [0.15, 0.2) is 40.8 Å². The predicted octanol–water partition coefficient (Wildman–Crippen LogP) is 1.97. The van der Waals surface area contributed by atoms with Crippen molar-refractivity contribution in [1.29, 1.82) is 0 Å². The van der Waals surface area contributed by atoms with Crippen LogP contribution in [0.4, 0.5) is 5.88 Å². The summed E-state index contributed by atoms with van der Waals surface area (Å²) in [6.07, 6.45) is 0. The number of nitrogens with zero attached hydrogens (tertiary/aromatic N) is 1. The predicted molar refractivity (Wildman–Crippen MR) is 78.7 cm³/mol. The number of hydrogen-bond acceptors (Lipinski definition) is 6. The molecule has 23 heavy (non-hydrogen) atoms. The summed E-state index contributed by atoms with van der Waals surface area (Å²) >= 11 is 0. The van der Waals surface area contributed by atoms with Crippen LogP contribution in [0.25, 0.3) is 0 Å². The molecule has 1 heterocycles. The Morgan fingerprint density at radius 1 is 1.26 bits per heavy atom. The minimum absolute atomic E-state index is 0.315. The smallest absolute Gasteiger partial charge is 0.433 e. The fourth-order valence-electron chi connectivity index (χ4n) is 1.79. The number of rotatable bonds is 6. The number of carbonyl (C=O) groups is 2. The number of benzene rings is 1. The highest BCUT2D eigenvalue weighted by atomic mass is 16.7. The molecule has 2 aromatic rings. The maximum atomic E-state index is 11.6. The van der Waals surface area contributed by atoms with Crippen LogP contribution in [0.3, 0.4) is 0 Å². The molecule has 0 saturated heterocycles. The Hall–Kier alpha value is -3.16. The number of nitrogens with one attached hydrogen (secondary N) is 1. The SMILES string of the molecule is Cc1ccccc1CNC(=O)COC(=O)c1ccc([N+](=O)[O-])o1. The molecule has 0 saturated carbocycles. The van der Waals surface area contributed by atoms with Crippen LogP contribution in [0.5, 0.6) is 0 Å². The molecule has 1 amide bonds. The third-order valence-corrected chi connectivity index (χ3v) is 3.04. The topological polar surface area (TPSA) is 112 Å². The van der Waals surface area contributed by atoms with E-state index in [2.05, 4.69) is 9.73 Å². The van der Waals surface area contributed by atoms with Crippen LogP contribution in [0.2, 0.25) is 0 Å². The Morgan fingerprint density at radius 2 is 2.00 bits per heavy atom. The zero-order valence-corrected chi connectivity index (χ0v) is 12.3. The van der Waals surface area contributed by atoms with E-state index in [0.29, 0.717) is 6.54 Å². The van der Waals surface area contributed by atoms with Crippen LogP contribution in [-0.2, 0) is 16.1 Å². The number of ether oxygens (including phenoxy) is 1. The van der Waals surface area contributed by atoms with E-state index in [4.69, 9.17) is 4.74 Å². The molecule has 2 rings (SSSR count). The van der Waals surface area contributed by atoms with Gasteiger partial charge in [-0.1, -0.05) is 24.3 Å². The lowest BCUT2D eigenvalue weighted by Gasteiger charge is -2.07. The highest BCUT2D eigenvalue weighted by molar-refractivity contribution is 5.89. The van der Waals surface area contributed by atoms with Gasteiger partial charge in [0.25, 0.3) is 5.91 Å². The van der Waals surface area contributed by atoms with Crippen molar-refractivity contribution in [3.63, 3.8) is 0 Å². The molecule has 0 bridgehead atoms. The van der Waals surface area contributed by atoms with Crippen LogP contribution in [0.1, 0.15) is 21.7 Å². The average molecular weight is 318 g/mol. The second-order valence-corrected chi connectivity index (χ2v) is 4.67. The molecule has 0 aliphatic heterocycles. The number of hydrogen-bond donors (Lipinski definition) is 1. The van der Waals surface area contributed by atoms with E-state index in [1.54, 1.807) is 0 Å². The summed E-state index contributed by atoms with van der Waals surface area (Å²) in [6.45, 7) is 1.74. The van der Waals surface area contributed by atoms with Gasteiger partial charge in [0.1, 0.15) is 4.92 Å².